The maximum absolute atomic E-state index is 12.4. The molecule has 0 aliphatic carbocycles. The van der Waals surface area contributed by atoms with Crippen LogP contribution in [0.15, 0.2) is 165 Å². The van der Waals surface area contributed by atoms with Gasteiger partial charge in [0.2, 0.25) is 23.8 Å². The zero-order valence-corrected chi connectivity index (χ0v) is 64.4. The predicted molar refractivity (Wildman–Crippen MR) is 430 cm³/mol. The van der Waals surface area contributed by atoms with E-state index >= 15 is 0 Å². The fourth-order valence-electron chi connectivity index (χ4n) is 16.7. The molecule has 8 fully saturated rings. The summed E-state index contributed by atoms with van der Waals surface area (Å²) in [5.74, 6) is 5.79. The molecule has 16 rings (SSSR count). The van der Waals surface area contributed by atoms with E-state index in [1.807, 2.05) is 24.3 Å². The largest absolute Gasteiger partial charge is 0.375 e. The Morgan fingerprint density at radius 2 is 0.500 bits per heavy atom. The van der Waals surface area contributed by atoms with Crippen LogP contribution in [0.25, 0.3) is 0 Å². The first kappa shape index (κ1) is 76.8. The van der Waals surface area contributed by atoms with Gasteiger partial charge in [-0.05, 0) is 155 Å². The van der Waals surface area contributed by atoms with E-state index in [1.165, 1.54) is 22.3 Å². The van der Waals surface area contributed by atoms with Crippen LogP contribution in [0.4, 0.5) is 47.1 Å². The lowest BCUT2D eigenvalue weighted by Crippen LogP contribution is -2.49. The number of hydrogen-bond acceptors (Lipinski definition) is 20. The zero-order chi connectivity index (χ0) is 75.2. The van der Waals surface area contributed by atoms with Crippen molar-refractivity contribution in [3.63, 3.8) is 0 Å². The molecule has 0 bridgehead atoms. The lowest BCUT2D eigenvalue weighted by Gasteiger charge is -2.38. The van der Waals surface area contributed by atoms with Crippen molar-refractivity contribution < 1.29 is 18.9 Å². The highest BCUT2D eigenvalue weighted by atomic mass is 16.5. The molecule has 0 spiro atoms. The van der Waals surface area contributed by atoms with Crippen LogP contribution in [0.3, 0.4) is 0 Å². The van der Waals surface area contributed by atoms with Gasteiger partial charge in [-0.15, -0.1) is 0 Å². The van der Waals surface area contributed by atoms with Crippen molar-refractivity contribution in [2.24, 2.45) is 0 Å². The molecule has 8 aliphatic rings. The van der Waals surface area contributed by atoms with Crippen LogP contribution in [-0.2, 0) is 44.6 Å². The van der Waals surface area contributed by atoms with Crippen molar-refractivity contribution in [3.05, 3.63) is 209 Å². The second-order valence-corrected chi connectivity index (χ2v) is 30.5. The highest BCUT2D eigenvalue weighted by molar-refractivity contribution is 5.51. The summed E-state index contributed by atoms with van der Waals surface area (Å²) in [6.45, 7) is 26.2. The van der Waals surface area contributed by atoms with Crippen molar-refractivity contribution in [1.82, 2.24) is 39.9 Å². The molecule has 12 atom stereocenters. The van der Waals surface area contributed by atoms with Gasteiger partial charge >= 0.3 is 0 Å². The maximum Gasteiger partial charge on any atom is 0.254 e. The number of morpholine rings is 4. The Kier molecular flexibility index (Phi) is 25.8. The number of hydrogen-bond donors (Lipinski definition) is 4. The van der Waals surface area contributed by atoms with E-state index in [0.29, 0.717) is 74.4 Å². The number of anilines is 8. The second-order valence-electron chi connectivity index (χ2n) is 30.5. The molecular weight excluding hydrogens is 1360 g/mol. The Morgan fingerprint density at radius 3 is 0.704 bits per heavy atom. The molecular formula is C84H112N16O8. The molecule has 12 heterocycles. The summed E-state index contributed by atoms with van der Waals surface area (Å²) in [6, 6.07) is 50.8. The molecule has 0 radical (unpaired) electrons. The van der Waals surface area contributed by atoms with Crippen LogP contribution in [0.2, 0.25) is 0 Å². The van der Waals surface area contributed by atoms with Crippen molar-refractivity contribution in [2.75, 3.05) is 118 Å². The Morgan fingerprint density at radius 1 is 0.296 bits per heavy atom. The smallest absolute Gasteiger partial charge is 0.254 e. The Labute approximate surface area is 635 Å². The molecule has 4 aromatic heterocycles. The van der Waals surface area contributed by atoms with E-state index in [4.69, 9.17) is 38.9 Å². The molecule has 4 aromatic carbocycles. The molecule has 8 aliphatic heterocycles. The lowest BCUT2D eigenvalue weighted by molar-refractivity contribution is 0.0280. The zero-order valence-electron chi connectivity index (χ0n) is 64.4. The summed E-state index contributed by atoms with van der Waals surface area (Å²) in [5.41, 5.74) is 4.93. The minimum Gasteiger partial charge on any atom is -0.375 e. The van der Waals surface area contributed by atoms with E-state index in [0.717, 1.165) is 153 Å². The normalized spacial score (nSPS) is 25.8. The topological polar surface area (TPSA) is 246 Å². The number of benzene rings is 4. The molecule has 0 unspecified atom stereocenters. The van der Waals surface area contributed by atoms with Crippen LogP contribution in [0.5, 0.6) is 0 Å². The monoisotopic (exact) mass is 1470 g/mol. The van der Waals surface area contributed by atoms with Crippen molar-refractivity contribution in [1.29, 1.82) is 0 Å². The number of nitrogens with one attached hydrogen (secondary N) is 4. The number of nitrogens with zero attached hydrogens (tertiary/aromatic N) is 12. The molecule has 4 N–H and O–H groups in total. The predicted octanol–water partition coefficient (Wildman–Crippen LogP) is 10.4. The molecule has 24 nitrogen and oxygen atoms in total. The summed E-state index contributed by atoms with van der Waals surface area (Å²) in [6.07, 6.45) is 13.4. The van der Waals surface area contributed by atoms with Gasteiger partial charge in [-0.25, -0.2) is 0 Å². The van der Waals surface area contributed by atoms with Gasteiger partial charge in [0.25, 0.3) is 22.2 Å². The Hall–Kier alpha value is -9.36. The van der Waals surface area contributed by atoms with Gasteiger partial charge in [-0.2, -0.15) is 19.9 Å². The summed E-state index contributed by atoms with van der Waals surface area (Å²) in [4.78, 5) is 98.7. The van der Waals surface area contributed by atoms with Gasteiger partial charge in [0.05, 0.1) is 75.0 Å². The SMILES string of the molecule is C[C@@H]1[C@@H](C)OCCN1c1cc(=O)[nH]c(N2CCC[C@@H]2Cc2ccccc2)n1.C[C@@H]1[C@@H](C)OCCN1c1cc(=O)[nH]c(N2CCC[C@H]2Cc2ccccc2)n1.C[C@H]1OCCN(c2cc(=O)[nH]c(N3CCC[C@@H]3Cc3ccccc3)n2)[C@H]1C.C[C@H]1OCCN(c2cc(=O)[nH]c(N3CCC[C@H]3Cc3ccccc3)n2)[C@H]1C. The molecule has 0 amide bonds. The Bertz CT molecular complexity index is 3850. The van der Waals surface area contributed by atoms with Crippen LogP contribution in [-0.4, -0.2) is 191 Å². The van der Waals surface area contributed by atoms with Gasteiger partial charge in [0, 0.05) is 101 Å². The highest BCUT2D eigenvalue weighted by Gasteiger charge is 2.36. The molecule has 8 aromatic rings. The summed E-state index contributed by atoms with van der Waals surface area (Å²) in [7, 11) is 0. The van der Waals surface area contributed by atoms with Gasteiger partial charge < -0.3 is 58.1 Å². The van der Waals surface area contributed by atoms with Gasteiger partial charge in [-0.1, -0.05) is 121 Å². The third kappa shape index (κ3) is 19.2. The van der Waals surface area contributed by atoms with Gasteiger partial charge in [0.1, 0.15) is 23.3 Å². The molecule has 0 saturated carbocycles. The van der Waals surface area contributed by atoms with Crippen LogP contribution in [0.1, 0.15) is 129 Å². The number of H-pyrrole nitrogens is 4. The van der Waals surface area contributed by atoms with Crippen molar-refractivity contribution in [3.8, 4) is 0 Å². The molecule has 8 saturated heterocycles. The Balaban J connectivity index is 0.000000127. The number of rotatable bonds is 16. The summed E-state index contributed by atoms with van der Waals surface area (Å²) in [5, 5.41) is 0. The van der Waals surface area contributed by atoms with Crippen LogP contribution >= 0.6 is 0 Å². The van der Waals surface area contributed by atoms with E-state index in [-0.39, 0.29) is 70.8 Å². The molecule has 108 heavy (non-hydrogen) atoms. The van der Waals surface area contributed by atoms with E-state index in [9.17, 15) is 19.2 Å². The third-order valence-corrected chi connectivity index (χ3v) is 23.4. The highest BCUT2D eigenvalue weighted by Crippen LogP contribution is 2.33. The number of ether oxygens (including phenoxy) is 4. The maximum atomic E-state index is 12.4. The summed E-state index contributed by atoms with van der Waals surface area (Å²) >= 11 is 0. The first-order chi connectivity index (χ1) is 52.5. The van der Waals surface area contributed by atoms with Gasteiger partial charge in [-0.3, -0.25) is 39.1 Å². The minimum atomic E-state index is -0.0910. The molecule has 24 heteroatoms. The first-order valence-electron chi connectivity index (χ1n) is 39.7. The lowest BCUT2D eigenvalue weighted by atomic mass is 10.0. The van der Waals surface area contributed by atoms with Crippen LogP contribution < -0.4 is 61.4 Å². The fourth-order valence-corrected chi connectivity index (χ4v) is 16.7. The van der Waals surface area contributed by atoms with Crippen molar-refractivity contribution in [2.45, 2.75) is 205 Å². The molecule has 576 valence electrons. The van der Waals surface area contributed by atoms with Crippen LogP contribution in [0, 0.1) is 0 Å². The third-order valence-electron chi connectivity index (χ3n) is 23.4. The average molecular weight is 1470 g/mol. The fraction of sp³-hybridized carbons (Fsp3) is 0.524. The average Bonchev–Trinajstić information content (AvgIpc) is 1.41. The van der Waals surface area contributed by atoms with E-state index < -0.39 is 0 Å². The number of aromatic amines is 4. The van der Waals surface area contributed by atoms with Gasteiger partial charge in [0.15, 0.2) is 0 Å². The summed E-state index contributed by atoms with van der Waals surface area (Å²) < 4.78 is 22.9. The quantitative estimate of drug-likeness (QED) is 0.0702. The van der Waals surface area contributed by atoms with E-state index in [1.54, 1.807) is 24.3 Å². The standard InChI is InChI=1S/4C21H28N4O2/c4*1-15-16(2)27-12-11-24(15)19-14-20(26)23-21(22-19)25-10-6-9-18(25)13-17-7-4-3-5-8-17/h4*3-5,7-8,14-16,18H,6,9-13H2,1-2H3,(H,22,23,26)/t15-,16+,18+;15-,16+,18-;15-,16-,18+;15-,16-,18-/m0011/s1. The van der Waals surface area contributed by atoms with Crippen molar-refractivity contribution >= 4 is 47.1 Å². The first-order valence-corrected chi connectivity index (χ1v) is 39.7. The van der Waals surface area contributed by atoms with E-state index in [2.05, 4.69) is 212 Å². The number of aromatic nitrogens is 8. The minimum absolute atomic E-state index is 0.0910. The second kappa shape index (κ2) is 36.2.